The Balaban J connectivity index is 3.07. The van der Waals surface area contributed by atoms with Gasteiger partial charge >= 0.3 is 0 Å². The summed E-state index contributed by atoms with van der Waals surface area (Å²) in [5, 5.41) is 0.598. The zero-order chi connectivity index (χ0) is 14.5. The third-order valence-corrected chi connectivity index (χ3v) is 5.24. The molecule has 0 aromatic heterocycles. The van der Waals surface area contributed by atoms with Crippen molar-refractivity contribution in [1.82, 2.24) is 4.31 Å². The topological polar surface area (TPSA) is 46.6 Å². The van der Waals surface area contributed by atoms with E-state index in [1.54, 1.807) is 19.2 Å². The number of methoxy groups -OCH3 is 1. The van der Waals surface area contributed by atoms with Crippen LogP contribution in [0, 0.1) is 13.8 Å². The van der Waals surface area contributed by atoms with Crippen LogP contribution in [0.3, 0.4) is 0 Å². The summed E-state index contributed by atoms with van der Waals surface area (Å²) in [5.41, 5.74) is 2.06. The molecule has 19 heavy (non-hydrogen) atoms. The van der Waals surface area contributed by atoms with Crippen molar-refractivity contribution >= 4 is 26.0 Å². The van der Waals surface area contributed by atoms with Crippen LogP contribution in [-0.4, -0.2) is 44.9 Å². The number of rotatable bonds is 7. The van der Waals surface area contributed by atoms with Crippen LogP contribution < -0.4 is 0 Å². The van der Waals surface area contributed by atoms with Crippen molar-refractivity contribution in [2.75, 3.05) is 32.1 Å². The second-order valence-electron chi connectivity index (χ2n) is 4.33. The SMILES string of the molecule is COCCN(CCBr)S(=O)(=O)c1ccc(C)c(C)c1. The number of alkyl halides is 1. The first-order valence-electron chi connectivity index (χ1n) is 6.05. The van der Waals surface area contributed by atoms with Crippen molar-refractivity contribution in [3.63, 3.8) is 0 Å². The lowest BCUT2D eigenvalue weighted by atomic mass is 10.1. The molecule has 0 bridgehead atoms. The number of sulfonamides is 1. The lowest BCUT2D eigenvalue weighted by molar-refractivity contribution is 0.181. The molecule has 0 radical (unpaired) electrons. The molecule has 0 unspecified atom stereocenters. The Morgan fingerprint density at radius 2 is 1.89 bits per heavy atom. The van der Waals surface area contributed by atoms with E-state index in [4.69, 9.17) is 4.74 Å². The van der Waals surface area contributed by atoms with Crippen LogP contribution in [0.25, 0.3) is 0 Å². The second-order valence-corrected chi connectivity index (χ2v) is 7.06. The van der Waals surface area contributed by atoms with E-state index in [9.17, 15) is 8.42 Å². The molecule has 108 valence electrons. The Hall–Kier alpha value is -0.430. The van der Waals surface area contributed by atoms with Gasteiger partial charge in [-0.05, 0) is 37.1 Å². The third kappa shape index (κ3) is 4.27. The van der Waals surface area contributed by atoms with Gasteiger partial charge in [-0.1, -0.05) is 22.0 Å². The largest absolute Gasteiger partial charge is 0.383 e. The molecule has 0 N–H and O–H groups in total. The minimum Gasteiger partial charge on any atom is -0.383 e. The summed E-state index contributed by atoms with van der Waals surface area (Å²) in [6, 6.07) is 5.22. The first kappa shape index (κ1) is 16.6. The van der Waals surface area contributed by atoms with Crippen molar-refractivity contribution < 1.29 is 13.2 Å². The summed E-state index contributed by atoms with van der Waals surface area (Å²) < 4.78 is 31.5. The zero-order valence-corrected chi connectivity index (χ0v) is 13.9. The number of nitrogens with zero attached hydrogens (tertiary/aromatic N) is 1. The van der Waals surface area contributed by atoms with Crippen LogP contribution in [0.5, 0.6) is 0 Å². The van der Waals surface area contributed by atoms with Crippen LogP contribution in [0.15, 0.2) is 23.1 Å². The number of hydrogen-bond donors (Lipinski definition) is 0. The Morgan fingerprint density at radius 3 is 2.42 bits per heavy atom. The maximum atomic E-state index is 12.5. The van der Waals surface area contributed by atoms with Gasteiger partial charge in [0.15, 0.2) is 0 Å². The smallest absolute Gasteiger partial charge is 0.243 e. The highest BCUT2D eigenvalue weighted by Crippen LogP contribution is 2.19. The van der Waals surface area contributed by atoms with Crippen LogP contribution in [0.1, 0.15) is 11.1 Å². The fourth-order valence-corrected chi connectivity index (χ4v) is 3.84. The van der Waals surface area contributed by atoms with E-state index in [0.29, 0.717) is 29.9 Å². The Labute approximate surface area is 123 Å². The number of hydrogen-bond acceptors (Lipinski definition) is 3. The van der Waals surface area contributed by atoms with Gasteiger partial charge in [0, 0.05) is 25.5 Å². The van der Waals surface area contributed by atoms with Gasteiger partial charge in [-0.25, -0.2) is 8.42 Å². The highest BCUT2D eigenvalue weighted by Gasteiger charge is 2.23. The molecule has 6 heteroatoms. The molecular formula is C13H20BrNO3S. The highest BCUT2D eigenvalue weighted by atomic mass is 79.9. The maximum absolute atomic E-state index is 12.5. The zero-order valence-electron chi connectivity index (χ0n) is 11.5. The Kier molecular flexibility index (Phi) is 6.46. The fourth-order valence-electron chi connectivity index (χ4n) is 1.66. The molecule has 0 atom stereocenters. The summed E-state index contributed by atoms with van der Waals surface area (Å²) in [6.45, 7) is 5.05. The third-order valence-electron chi connectivity index (χ3n) is 2.99. The van der Waals surface area contributed by atoms with Crippen molar-refractivity contribution in [3.05, 3.63) is 29.3 Å². The molecular weight excluding hydrogens is 330 g/mol. The van der Waals surface area contributed by atoms with Gasteiger partial charge in [0.05, 0.1) is 11.5 Å². The Bertz CT molecular complexity index is 517. The highest BCUT2D eigenvalue weighted by molar-refractivity contribution is 9.09. The van der Waals surface area contributed by atoms with Crippen molar-refractivity contribution in [3.8, 4) is 0 Å². The molecule has 0 aliphatic heterocycles. The molecule has 1 aromatic carbocycles. The molecule has 0 aliphatic rings. The van der Waals surface area contributed by atoms with Crippen molar-refractivity contribution in [1.29, 1.82) is 0 Å². The van der Waals surface area contributed by atoms with E-state index >= 15 is 0 Å². The van der Waals surface area contributed by atoms with Crippen LogP contribution in [0.2, 0.25) is 0 Å². The normalized spacial score (nSPS) is 12.1. The number of aryl methyl sites for hydroxylation is 2. The molecule has 0 amide bonds. The van der Waals surface area contributed by atoms with Crippen molar-refractivity contribution in [2.45, 2.75) is 18.7 Å². The Morgan fingerprint density at radius 1 is 1.21 bits per heavy atom. The standard InChI is InChI=1S/C13H20BrNO3S/c1-11-4-5-13(10-12(11)2)19(16,17)15(7-6-14)8-9-18-3/h4-5,10H,6-9H2,1-3H3. The minimum atomic E-state index is -3.45. The number of ether oxygens (including phenoxy) is 1. The van der Waals surface area contributed by atoms with Gasteiger partial charge in [0.25, 0.3) is 0 Å². The van der Waals surface area contributed by atoms with Gasteiger partial charge in [-0.3, -0.25) is 0 Å². The number of benzene rings is 1. The van der Waals surface area contributed by atoms with E-state index in [2.05, 4.69) is 15.9 Å². The van der Waals surface area contributed by atoms with E-state index in [1.165, 1.54) is 4.31 Å². The van der Waals surface area contributed by atoms with Gasteiger partial charge < -0.3 is 4.74 Å². The molecule has 1 rings (SSSR count). The molecule has 0 saturated heterocycles. The van der Waals surface area contributed by atoms with E-state index in [1.807, 2.05) is 19.9 Å². The summed E-state index contributed by atoms with van der Waals surface area (Å²) in [5.74, 6) is 0. The molecule has 0 heterocycles. The van der Waals surface area contributed by atoms with Gasteiger partial charge in [0.1, 0.15) is 0 Å². The summed E-state index contributed by atoms with van der Waals surface area (Å²) >= 11 is 3.29. The predicted molar refractivity (Wildman–Crippen MR) is 80.3 cm³/mol. The summed E-state index contributed by atoms with van der Waals surface area (Å²) in [6.07, 6.45) is 0. The van der Waals surface area contributed by atoms with E-state index in [-0.39, 0.29) is 0 Å². The van der Waals surface area contributed by atoms with Crippen LogP contribution >= 0.6 is 15.9 Å². The molecule has 4 nitrogen and oxygen atoms in total. The number of halogens is 1. The lowest BCUT2D eigenvalue weighted by Crippen LogP contribution is -2.35. The quantitative estimate of drug-likeness (QED) is 0.709. The van der Waals surface area contributed by atoms with E-state index < -0.39 is 10.0 Å². The molecule has 0 fully saturated rings. The average Bonchev–Trinajstić information content (AvgIpc) is 2.37. The van der Waals surface area contributed by atoms with Crippen LogP contribution in [-0.2, 0) is 14.8 Å². The van der Waals surface area contributed by atoms with Gasteiger partial charge in [-0.15, -0.1) is 0 Å². The predicted octanol–water partition coefficient (Wildman–Crippen LogP) is 2.34. The monoisotopic (exact) mass is 349 g/mol. The van der Waals surface area contributed by atoms with E-state index in [0.717, 1.165) is 11.1 Å². The van der Waals surface area contributed by atoms with Gasteiger partial charge in [0.2, 0.25) is 10.0 Å². The first-order chi connectivity index (χ1) is 8.93. The molecule has 0 aliphatic carbocycles. The fraction of sp³-hybridized carbons (Fsp3) is 0.538. The van der Waals surface area contributed by atoms with Gasteiger partial charge in [-0.2, -0.15) is 4.31 Å². The summed E-state index contributed by atoms with van der Waals surface area (Å²) in [7, 11) is -1.89. The van der Waals surface area contributed by atoms with Crippen molar-refractivity contribution in [2.24, 2.45) is 0 Å². The van der Waals surface area contributed by atoms with Crippen LogP contribution in [0.4, 0.5) is 0 Å². The average molecular weight is 350 g/mol. The molecule has 0 spiro atoms. The minimum absolute atomic E-state index is 0.340. The summed E-state index contributed by atoms with van der Waals surface area (Å²) in [4.78, 5) is 0.340. The second kappa shape index (κ2) is 7.38. The lowest BCUT2D eigenvalue weighted by Gasteiger charge is -2.21. The molecule has 1 aromatic rings. The molecule has 0 saturated carbocycles. The maximum Gasteiger partial charge on any atom is 0.243 e. The first-order valence-corrected chi connectivity index (χ1v) is 8.62.